The van der Waals surface area contributed by atoms with E-state index in [1.807, 2.05) is 24.3 Å². The lowest BCUT2D eigenvalue weighted by atomic mass is 10.2. The lowest BCUT2D eigenvalue weighted by Gasteiger charge is -2.17. The van der Waals surface area contributed by atoms with E-state index in [1.165, 1.54) is 4.90 Å². The van der Waals surface area contributed by atoms with Gasteiger partial charge in [-0.05, 0) is 18.1 Å². The first-order valence-electron chi connectivity index (χ1n) is 5.74. The number of nitrogens with zero attached hydrogens (tertiary/aromatic N) is 1. The molecule has 1 aromatic rings. The molecule has 3 nitrogen and oxygen atoms in total. The van der Waals surface area contributed by atoms with Gasteiger partial charge in [0, 0.05) is 17.7 Å². The maximum Gasteiger partial charge on any atom is 0.411 e. The van der Waals surface area contributed by atoms with Gasteiger partial charge in [-0.15, -0.1) is 11.8 Å². The van der Waals surface area contributed by atoms with Crippen LogP contribution in [0.15, 0.2) is 29.2 Å². The van der Waals surface area contributed by atoms with Gasteiger partial charge < -0.3 is 5.11 Å². The lowest BCUT2D eigenvalue weighted by molar-refractivity contribution is 0.203. The molecule has 1 rings (SSSR count). The smallest absolute Gasteiger partial charge is 0.411 e. The molecule has 4 heteroatoms. The average molecular weight is 253 g/mol. The summed E-state index contributed by atoms with van der Waals surface area (Å²) in [4.78, 5) is 13.3. The Labute approximate surface area is 107 Å². The summed E-state index contributed by atoms with van der Waals surface area (Å²) < 4.78 is 0. The number of amides is 1. The number of para-hydroxylation sites is 1. The molecule has 0 saturated heterocycles. The third-order valence-electron chi connectivity index (χ3n) is 2.73. The number of hydrogen-bond donors (Lipinski definition) is 1. The molecule has 0 spiro atoms. The first-order chi connectivity index (χ1) is 8.06. The van der Waals surface area contributed by atoms with Crippen molar-refractivity contribution >= 4 is 23.5 Å². The molecule has 0 aliphatic carbocycles. The van der Waals surface area contributed by atoms with Gasteiger partial charge in [0.05, 0.1) is 5.69 Å². The Hall–Kier alpha value is -1.16. The number of anilines is 1. The van der Waals surface area contributed by atoms with Gasteiger partial charge in [-0.3, -0.25) is 4.90 Å². The van der Waals surface area contributed by atoms with Crippen LogP contribution >= 0.6 is 11.8 Å². The second-order valence-corrected chi connectivity index (χ2v) is 5.20. The molecule has 0 saturated carbocycles. The van der Waals surface area contributed by atoms with Crippen LogP contribution in [0.4, 0.5) is 10.5 Å². The monoisotopic (exact) mass is 253 g/mol. The van der Waals surface area contributed by atoms with Gasteiger partial charge in [-0.1, -0.05) is 32.4 Å². The van der Waals surface area contributed by atoms with Gasteiger partial charge in [0.2, 0.25) is 0 Å². The van der Waals surface area contributed by atoms with Crippen LogP contribution in [-0.4, -0.2) is 24.0 Å². The maximum absolute atomic E-state index is 11.0. The number of carbonyl (C=O) groups is 1. The van der Waals surface area contributed by atoms with E-state index < -0.39 is 6.09 Å². The molecule has 94 valence electrons. The molecule has 0 radical (unpaired) electrons. The molecule has 1 aromatic carbocycles. The molecule has 1 unspecified atom stereocenters. The molecule has 0 aliphatic heterocycles. The lowest BCUT2D eigenvalue weighted by Crippen LogP contribution is -2.24. The molecule has 1 amide bonds. The molecule has 17 heavy (non-hydrogen) atoms. The minimum Gasteiger partial charge on any atom is -0.465 e. The number of benzene rings is 1. The summed E-state index contributed by atoms with van der Waals surface area (Å²) in [5.41, 5.74) is 0.758. The van der Waals surface area contributed by atoms with E-state index in [4.69, 9.17) is 5.11 Å². The third-order valence-corrected chi connectivity index (χ3v) is 4.13. The highest BCUT2D eigenvalue weighted by molar-refractivity contribution is 7.99. The van der Waals surface area contributed by atoms with Crippen LogP contribution in [0.1, 0.15) is 20.3 Å². The number of hydrogen-bond acceptors (Lipinski definition) is 2. The first-order valence-corrected chi connectivity index (χ1v) is 6.73. The highest BCUT2D eigenvalue weighted by atomic mass is 32.2. The van der Waals surface area contributed by atoms with Gasteiger partial charge in [-0.25, -0.2) is 4.79 Å². The van der Waals surface area contributed by atoms with Crippen LogP contribution in [0.3, 0.4) is 0 Å². The second-order valence-electron chi connectivity index (χ2n) is 4.13. The zero-order valence-electron chi connectivity index (χ0n) is 10.5. The van der Waals surface area contributed by atoms with Crippen LogP contribution in [-0.2, 0) is 0 Å². The summed E-state index contributed by atoms with van der Waals surface area (Å²) in [5.74, 6) is 1.66. The summed E-state index contributed by atoms with van der Waals surface area (Å²) in [7, 11) is 1.57. The zero-order valence-corrected chi connectivity index (χ0v) is 11.3. The van der Waals surface area contributed by atoms with E-state index in [0.29, 0.717) is 5.92 Å². The summed E-state index contributed by atoms with van der Waals surface area (Å²) >= 11 is 1.72. The number of thioether (sulfide) groups is 1. The SMILES string of the molecule is CCC(C)CSc1ccccc1N(C)C(=O)O. The Balaban J connectivity index is 2.81. The van der Waals surface area contributed by atoms with Crippen LogP contribution in [0.2, 0.25) is 0 Å². The van der Waals surface area contributed by atoms with E-state index in [9.17, 15) is 4.79 Å². The van der Waals surface area contributed by atoms with Crippen LogP contribution < -0.4 is 4.90 Å². The molecule has 0 aromatic heterocycles. The van der Waals surface area contributed by atoms with E-state index in [1.54, 1.807) is 18.8 Å². The fourth-order valence-electron chi connectivity index (χ4n) is 1.31. The van der Waals surface area contributed by atoms with Crippen LogP contribution in [0.5, 0.6) is 0 Å². The van der Waals surface area contributed by atoms with Crippen molar-refractivity contribution in [1.82, 2.24) is 0 Å². The Bertz CT molecular complexity index is 381. The van der Waals surface area contributed by atoms with E-state index >= 15 is 0 Å². The largest absolute Gasteiger partial charge is 0.465 e. The van der Waals surface area contributed by atoms with Gasteiger partial charge in [-0.2, -0.15) is 0 Å². The normalized spacial score (nSPS) is 12.2. The van der Waals surface area contributed by atoms with Crippen molar-refractivity contribution in [2.75, 3.05) is 17.7 Å². The third kappa shape index (κ3) is 3.97. The van der Waals surface area contributed by atoms with Gasteiger partial charge in [0.15, 0.2) is 0 Å². The first kappa shape index (κ1) is 13.9. The van der Waals surface area contributed by atoms with Crippen molar-refractivity contribution in [3.8, 4) is 0 Å². The predicted molar refractivity (Wildman–Crippen MR) is 73.0 cm³/mol. The summed E-state index contributed by atoms with van der Waals surface area (Å²) in [6.07, 6.45) is 0.214. The summed E-state index contributed by atoms with van der Waals surface area (Å²) in [5, 5.41) is 9.00. The van der Waals surface area contributed by atoms with Crippen molar-refractivity contribution in [2.24, 2.45) is 5.92 Å². The second kappa shape index (κ2) is 6.55. The van der Waals surface area contributed by atoms with Crippen molar-refractivity contribution in [1.29, 1.82) is 0 Å². The fourth-order valence-corrected chi connectivity index (χ4v) is 2.54. The molecular formula is C13H19NO2S. The minimum absolute atomic E-state index is 0.642. The topological polar surface area (TPSA) is 40.5 Å². The molecule has 0 bridgehead atoms. The summed E-state index contributed by atoms with van der Waals surface area (Å²) in [6, 6.07) is 7.62. The Kier molecular flexibility index (Phi) is 5.35. The Morgan fingerprint density at radius 1 is 1.47 bits per heavy atom. The average Bonchev–Trinajstić information content (AvgIpc) is 2.35. The highest BCUT2D eigenvalue weighted by Crippen LogP contribution is 2.31. The van der Waals surface area contributed by atoms with Crippen LogP contribution in [0, 0.1) is 5.92 Å². The summed E-state index contributed by atoms with van der Waals surface area (Å²) in [6.45, 7) is 4.37. The van der Waals surface area contributed by atoms with Gasteiger partial charge in [0.1, 0.15) is 0 Å². The minimum atomic E-state index is -0.929. The Morgan fingerprint density at radius 3 is 2.71 bits per heavy atom. The molecular weight excluding hydrogens is 234 g/mol. The molecule has 0 aliphatic rings. The van der Waals surface area contributed by atoms with Crippen LogP contribution in [0.25, 0.3) is 0 Å². The quantitative estimate of drug-likeness (QED) is 0.808. The number of rotatable bonds is 5. The predicted octanol–water partition coefficient (Wildman–Crippen LogP) is 3.94. The van der Waals surface area contributed by atoms with E-state index in [0.717, 1.165) is 22.8 Å². The Morgan fingerprint density at radius 2 is 2.12 bits per heavy atom. The molecule has 1 atom stereocenters. The van der Waals surface area contributed by atoms with Gasteiger partial charge >= 0.3 is 6.09 Å². The molecule has 0 fully saturated rings. The number of carboxylic acid groups (broad SMARTS) is 1. The molecule has 0 heterocycles. The van der Waals surface area contributed by atoms with E-state index in [-0.39, 0.29) is 0 Å². The van der Waals surface area contributed by atoms with Crippen molar-refractivity contribution in [2.45, 2.75) is 25.2 Å². The van der Waals surface area contributed by atoms with Crippen molar-refractivity contribution in [3.05, 3.63) is 24.3 Å². The van der Waals surface area contributed by atoms with Crippen molar-refractivity contribution < 1.29 is 9.90 Å². The highest BCUT2D eigenvalue weighted by Gasteiger charge is 2.13. The van der Waals surface area contributed by atoms with E-state index in [2.05, 4.69) is 13.8 Å². The standard InChI is InChI=1S/C13H19NO2S/c1-4-10(2)9-17-12-8-6-5-7-11(12)14(3)13(15)16/h5-8,10H,4,9H2,1-3H3,(H,15,16). The van der Waals surface area contributed by atoms with Gasteiger partial charge in [0.25, 0.3) is 0 Å². The molecule has 1 N–H and O–H groups in total. The fraction of sp³-hybridized carbons (Fsp3) is 0.462. The maximum atomic E-state index is 11.0. The zero-order chi connectivity index (χ0) is 12.8. The van der Waals surface area contributed by atoms with Crippen molar-refractivity contribution in [3.63, 3.8) is 0 Å².